The number of hydrogen-bond acceptors (Lipinski definition) is 5. The summed E-state index contributed by atoms with van der Waals surface area (Å²) in [5, 5.41) is 13.1. The molecule has 0 bridgehead atoms. The van der Waals surface area contributed by atoms with Crippen molar-refractivity contribution >= 4 is 39.3 Å². The highest BCUT2D eigenvalue weighted by Crippen LogP contribution is 2.39. The van der Waals surface area contributed by atoms with Gasteiger partial charge in [0.05, 0.1) is 23.3 Å². The molecule has 4 rings (SSSR count). The van der Waals surface area contributed by atoms with Crippen molar-refractivity contribution in [3.8, 4) is 0 Å². The fraction of sp³-hybridized carbons (Fsp3) is 0.261. The Bertz CT molecular complexity index is 1130. The first-order chi connectivity index (χ1) is 15.3. The van der Waals surface area contributed by atoms with Crippen LogP contribution in [0.1, 0.15) is 35.7 Å². The summed E-state index contributed by atoms with van der Waals surface area (Å²) in [6.07, 6.45) is 2.92. The smallest absolute Gasteiger partial charge is 0.272 e. The predicted molar refractivity (Wildman–Crippen MR) is 119 cm³/mol. The molecule has 0 spiro atoms. The number of non-ortho nitro benzene ring substituents is 1. The van der Waals surface area contributed by atoms with Gasteiger partial charge in [0.25, 0.3) is 23.4 Å². The molecule has 0 saturated carbocycles. The van der Waals surface area contributed by atoms with Crippen molar-refractivity contribution in [2.75, 3.05) is 0 Å². The fourth-order valence-electron chi connectivity index (χ4n) is 4.13. The van der Waals surface area contributed by atoms with Gasteiger partial charge in [0.2, 0.25) is 0 Å². The molecule has 1 saturated heterocycles. The van der Waals surface area contributed by atoms with E-state index in [4.69, 9.17) is 0 Å². The van der Waals surface area contributed by atoms with Crippen LogP contribution < -0.4 is 0 Å². The van der Waals surface area contributed by atoms with E-state index < -0.39 is 28.6 Å². The fourth-order valence-corrected chi connectivity index (χ4v) is 4.39. The molecule has 0 N–H and O–H groups in total. The van der Waals surface area contributed by atoms with E-state index in [0.29, 0.717) is 12.8 Å². The Morgan fingerprint density at radius 1 is 1.09 bits per heavy atom. The lowest BCUT2D eigenvalue weighted by molar-refractivity contribution is -0.384. The number of carbonyl (C=O) groups excluding carboxylic acids is 3. The molecule has 1 fully saturated rings. The van der Waals surface area contributed by atoms with Crippen LogP contribution in [0.3, 0.4) is 0 Å². The highest BCUT2D eigenvalue weighted by Gasteiger charge is 2.51. The largest absolute Gasteiger partial charge is 0.273 e. The van der Waals surface area contributed by atoms with Gasteiger partial charge in [-0.05, 0) is 49.6 Å². The highest BCUT2D eigenvalue weighted by molar-refractivity contribution is 9.10. The third-order valence-electron chi connectivity index (χ3n) is 5.85. The summed E-state index contributed by atoms with van der Waals surface area (Å²) in [5.74, 6) is -2.32. The number of allylic oxidation sites excluding steroid dienone is 2. The Morgan fingerprint density at radius 2 is 1.72 bits per heavy atom. The van der Waals surface area contributed by atoms with Gasteiger partial charge in [-0.25, -0.2) is 5.01 Å². The molecule has 2 aromatic rings. The first-order valence-electron chi connectivity index (χ1n) is 10.1. The number of nitro groups is 1. The molecule has 9 heteroatoms. The van der Waals surface area contributed by atoms with E-state index in [2.05, 4.69) is 15.9 Å². The molecule has 3 amide bonds. The van der Waals surface area contributed by atoms with Crippen molar-refractivity contribution in [1.29, 1.82) is 0 Å². The second-order valence-corrected chi connectivity index (χ2v) is 8.90. The summed E-state index contributed by atoms with van der Waals surface area (Å²) in [7, 11) is 0. The summed E-state index contributed by atoms with van der Waals surface area (Å²) in [6, 6.07) is 12.3. The zero-order valence-corrected chi connectivity index (χ0v) is 18.8. The number of fused-ring (bicyclic) bond motifs is 1. The molecule has 8 nitrogen and oxygen atoms in total. The zero-order chi connectivity index (χ0) is 23.0. The van der Waals surface area contributed by atoms with Crippen LogP contribution in [0, 0.1) is 22.0 Å². The molecule has 2 aliphatic rings. The van der Waals surface area contributed by atoms with Gasteiger partial charge in [-0.1, -0.05) is 39.7 Å². The molecular weight excluding hydrogens is 478 g/mol. The summed E-state index contributed by atoms with van der Waals surface area (Å²) in [6.45, 7) is 1.94. The van der Waals surface area contributed by atoms with Crippen LogP contribution in [0.25, 0.3) is 0 Å². The minimum atomic E-state index is -0.576. The number of amides is 3. The van der Waals surface area contributed by atoms with Gasteiger partial charge in [0, 0.05) is 22.2 Å². The average molecular weight is 498 g/mol. The van der Waals surface area contributed by atoms with Crippen LogP contribution in [-0.2, 0) is 16.1 Å². The molecule has 1 aliphatic carbocycles. The second-order valence-electron chi connectivity index (χ2n) is 7.98. The van der Waals surface area contributed by atoms with E-state index in [1.165, 1.54) is 24.3 Å². The van der Waals surface area contributed by atoms with Crippen LogP contribution >= 0.6 is 15.9 Å². The van der Waals surface area contributed by atoms with E-state index in [-0.39, 0.29) is 23.7 Å². The van der Waals surface area contributed by atoms with Crippen molar-refractivity contribution in [1.82, 2.24) is 10.0 Å². The van der Waals surface area contributed by atoms with Crippen LogP contribution in [0.2, 0.25) is 0 Å². The van der Waals surface area contributed by atoms with Crippen LogP contribution in [0.15, 0.2) is 64.7 Å². The number of imide groups is 1. The number of hydrogen-bond donors (Lipinski definition) is 0. The standard InChI is InChI=1S/C23H20BrN3O5/c1-14-2-11-19-20(12-14)23(30)26(22(19)29)25(13-15-3-7-17(24)8-4-15)21(28)16-5-9-18(10-6-16)27(31)32/h2-10,19-20H,11-13H2,1H3/t19-,20+/m1/s1. The molecule has 1 heterocycles. The van der Waals surface area contributed by atoms with Crippen molar-refractivity contribution in [2.24, 2.45) is 11.8 Å². The van der Waals surface area contributed by atoms with E-state index in [1.807, 2.05) is 25.1 Å². The lowest BCUT2D eigenvalue weighted by Crippen LogP contribution is -2.49. The molecule has 0 radical (unpaired) electrons. The van der Waals surface area contributed by atoms with Crippen LogP contribution in [0.4, 0.5) is 5.69 Å². The summed E-state index contributed by atoms with van der Waals surface area (Å²) in [5.41, 5.74) is 1.78. The van der Waals surface area contributed by atoms with Crippen LogP contribution in [-0.4, -0.2) is 32.7 Å². The highest BCUT2D eigenvalue weighted by atomic mass is 79.9. The topological polar surface area (TPSA) is 101 Å². The number of halogens is 1. The number of hydrazine groups is 1. The molecule has 164 valence electrons. The molecule has 2 aromatic carbocycles. The number of carbonyl (C=O) groups is 3. The van der Waals surface area contributed by atoms with Gasteiger partial charge in [-0.2, -0.15) is 5.01 Å². The second kappa shape index (κ2) is 8.66. The molecule has 32 heavy (non-hydrogen) atoms. The van der Waals surface area contributed by atoms with E-state index in [0.717, 1.165) is 25.6 Å². The monoisotopic (exact) mass is 497 g/mol. The van der Waals surface area contributed by atoms with Crippen LogP contribution in [0.5, 0.6) is 0 Å². The Morgan fingerprint density at radius 3 is 2.34 bits per heavy atom. The number of rotatable bonds is 5. The van der Waals surface area contributed by atoms with E-state index in [9.17, 15) is 24.5 Å². The first-order valence-corrected chi connectivity index (χ1v) is 10.9. The Kier molecular flexibility index (Phi) is 5.92. The Labute approximate surface area is 192 Å². The quantitative estimate of drug-likeness (QED) is 0.266. The van der Waals surface area contributed by atoms with Gasteiger partial charge >= 0.3 is 0 Å². The van der Waals surface area contributed by atoms with E-state index >= 15 is 0 Å². The average Bonchev–Trinajstić information content (AvgIpc) is 3.02. The Hall–Kier alpha value is -3.33. The van der Waals surface area contributed by atoms with Gasteiger partial charge in [-0.15, -0.1) is 0 Å². The summed E-state index contributed by atoms with van der Waals surface area (Å²) in [4.78, 5) is 50.3. The Balaban J connectivity index is 1.70. The molecule has 0 aromatic heterocycles. The minimum absolute atomic E-state index is 0.00638. The summed E-state index contributed by atoms with van der Waals surface area (Å²) >= 11 is 3.37. The van der Waals surface area contributed by atoms with Gasteiger partial charge < -0.3 is 0 Å². The van der Waals surface area contributed by atoms with Crippen molar-refractivity contribution < 1.29 is 19.3 Å². The number of nitro benzene ring substituents is 1. The van der Waals surface area contributed by atoms with Crippen molar-refractivity contribution in [2.45, 2.75) is 26.3 Å². The SMILES string of the molecule is CC1=CC[C@H]2C(=O)N(N(Cc3ccc(Br)cc3)C(=O)c3ccc([N+](=O)[O-])cc3)C(=O)[C@H]2C1. The number of benzene rings is 2. The van der Waals surface area contributed by atoms with Gasteiger partial charge in [-0.3, -0.25) is 24.5 Å². The van der Waals surface area contributed by atoms with Crippen molar-refractivity contribution in [3.05, 3.63) is 85.9 Å². The predicted octanol–water partition coefficient (Wildman–Crippen LogP) is 4.26. The van der Waals surface area contributed by atoms with E-state index in [1.54, 1.807) is 12.1 Å². The maximum Gasteiger partial charge on any atom is 0.273 e. The minimum Gasteiger partial charge on any atom is -0.272 e. The summed E-state index contributed by atoms with van der Waals surface area (Å²) < 4.78 is 0.857. The number of nitrogens with zero attached hydrogens (tertiary/aromatic N) is 3. The first kappa shape index (κ1) is 21.9. The lowest BCUT2D eigenvalue weighted by atomic mass is 9.82. The third-order valence-corrected chi connectivity index (χ3v) is 6.37. The van der Waals surface area contributed by atoms with Gasteiger partial charge in [0.1, 0.15) is 0 Å². The van der Waals surface area contributed by atoms with Gasteiger partial charge in [0.15, 0.2) is 0 Å². The third kappa shape index (κ3) is 4.08. The maximum absolute atomic E-state index is 13.4. The maximum atomic E-state index is 13.4. The zero-order valence-electron chi connectivity index (χ0n) is 17.2. The molecule has 0 unspecified atom stereocenters. The lowest BCUT2D eigenvalue weighted by Gasteiger charge is -2.30. The normalized spacial score (nSPS) is 20.1. The molecule has 2 atom stereocenters. The van der Waals surface area contributed by atoms with Crippen molar-refractivity contribution in [3.63, 3.8) is 0 Å². The molecule has 1 aliphatic heterocycles. The molecular formula is C23H20BrN3O5.